The minimum atomic E-state index is -1.28. The van der Waals surface area contributed by atoms with Crippen molar-refractivity contribution in [2.24, 2.45) is 5.92 Å². The van der Waals surface area contributed by atoms with Crippen LogP contribution < -0.4 is 10.6 Å². The topological polar surface area (TPSA) is 194 Å². The van der Waals surface area contributed by atoms with Crippen LogP contribution >= 0.6 is 0 Å². The SMILES string of the molecule is C[C@@H]1Cc2ccc(O)c(c2)-c2cc(ccc2O)[C@H](N(C)C(=O)CCC(=O)[C@@H](C)NC(=O)[C@@H](CO)N(C)C(=O)Cc2ccc(-c3ccccc3)cc2)C(=O)C[C@@H](C)C(=O)N1. The summed E-state index contributed by atoms with van der Waals surface area (Å²) in [6, 6.07) is 22.7. The number of aromatic hydroxyl groups is 2. The number of rotatable bonds is 12. The van der Waals surface area contributed by atoms with E-state index in [2.05, 4.69) is 10.6 Å². The summed E-state index contributed by atoms with van der Waals surface area (Å²) >= 11 is 0. The van der Waals surface area contributed by atoms with Crippen LogP contribution in [-0.2, 0) is 41.6 Å². The number of benzene rings is 4. The maximum absolute atomic E-state index is 14.0. The average molecular weight is 805 g/mol. The fourth-order valence-electron chi connectivity index (χ4n) is 7.24. The lowest BCUT2D eigenvalue weighted by Crippen LogP contribution is -2.53. The van der Waals surface area contributed by atoms with Gasteiger partial charge in [-0.3, -0.25) is 28.8 Å². The van der Waals surface area contributed by atoms with Gasteiger partial charge in [0.15, 0.2) is 11.6 Å². The molecule has 4 amide bonds. The number of ketones is 2. The predicted molar refractivity (Wildman–Crippen MR) is 222 cm³/mol. The van der Waals surface area contributed by atoms with Crippen molar-refractivity contribution in [1.82, 2.24) is 20.4 Å². The van der Waals surface area contributed by atoms with Gasteiger partial charge in [-0.15, -0.1) is 0 Å². The lowest BCUT2D eigenvalue weighted by molar-refractivity contribution is -0.141. The second-order valence-electron chi connectivity index (χ2n) is 15.4. The number of Topliss-reactive ketones (excluding diaryl/α,β-unsaturated/α-hetero) is 2. The molecule has 1 aliphatic rings. The molecule has 0 radical (unpaired) electrons. The van der Waals surface area contributed by atoms with Gasteiger partial charge in [-0.2, -0.15) is 0 Å². The van der Waals surface area contributed by atoms with Crippen molar-refractivity contribution in [1.29, 1.82) is 0 Å². The number of hydrogen-bond acceptors (Lipinski definition) is 9. The van der Waals surface area contributed by atoms with Gasteiger partial charge in [0.05, 0.1) is 19.1 Å². The molecule has 4 bridgehead atoms. The number of aliphatic hydroxyl groups excluding tert-OH is 1. The molecule has 1 heterocycles. The molecular weight excluding hydrogens is 753 g/mol. The third-order valence-electron chi connectivity index (χ3n) is 10.8. The Kier molecular flexibility index (Phi) is 14.4. The van der Waals surface area contributed by atoms with Crippen LogP contribution in [0.5, 0.6) is 11.5 Å². The Morgan fingerprint density at radius 2 is 1.42 bits per heavy atom. The lowest BCUT2D eigenvalue weighted by Gasteiger charge is -2.30. The first kappa shape index (κ1) is 43.8. The fourth-order valence-corrected chi connectivity index (χ4v) is 7.24. The van der Waals surface area contributed by atoms with Crippen molar-refractivity contribution in [2.75, 3.05) is 20.7 Å². The molecule has 0 saturated carbocycles. The van der Waals surface area contributed by atoms with E-state index in [0.717, 1.165) is 27.2 Å². The Morgan fingerprint density at radius 1 is 0.797 bits per heavy atom. The normalized spacial score (nSPS) is 17.8. The van der Waals surface area contributed by atoms with Gasteiger partial charge in [-0.25, -0.2) is 0 Å². The fraction of sp³-hybridized carbons (Fsp3) is 0.348. The summed E-state index contributed by atoms with van der Waals surface area (Å²) in [6.45, 7) is 4.20. The Bertz CT molecular complexity index is 2190. The van der Waals surface area contributed by atoms with E-state index in [1.807, 2.05) is 61.5 Å². The third kappa shape index (κ3) is 10.8. The van der Waals surface area contributed by atoms with Gasteiger partial charge in [0.2, 0.25) is 23.6 Å². The van der Waals surface area contributed by atoms with Crippen LogP contribution in [-0.4, -0.2) is 99.1 Å². The van der Waals surface area contributed by atoms with Crippen molar-refractivity contribution in [2.45, 2.75) is 77.0 Å². The van der Waals surface area contributed by atoms with E-state index in [4.69, 9.17) is 0 Å². The smallest absolute Gasteiger partial charge is 0.245 e. The van der Waals surface area contributed by atoms with E-state index < -0.39 is 59.9 Å². The van der Waals surface area contributed by atoms with Gasteiger partial charge >= 0.3 is 0 Å². The number of carbonyl (C=O) groups is 6. The highest BCUT2D eigenvalue weighted by Crippen LogP contribution is 2.39. The second-order valence-corrected chi connectivity index (χ2v) is 15.4. The van der Waals surface area contributed by atoms with Crippen molar-refractivity contribution >= 4 is 35.2 Å². The van der Waals surface area contributed by atoms with Crippen LogP contribution in [0.2, 0.25) is 0 Å². The molecule has 0 saturated heterocycles. The number of phenols is 2. The van der Waals surface area contributed by atoms with Crippen LogP contribution in [0, 0.1) is 5.92 Å². The van der Waals surface area contributed by atoms with Crippen molar-refractivity contribution in [3.63, 3.8) is 0 Å². The number of aliphatic hydroxyl groups is 1. The summed E-state index contributed by atoms with van der Waals surface area (Å²) in [7, 11) is 2.82. The minimum absolute atomic E-state index is 0.0185. The van der Waals surface area contributed by atoms with Gasteiger partial charge in [0.1, 0.15) is 23.6 Å². The summed E-state index contributed by atoms with van der Waals surface area (Å²) in [6.07, 6.45) is -0.424. The maximum Gasteiger partial charge on any atom is 0.245 e. The first-order valence-corrected chi connectivity index (χ1v) is 19.7. The van der Waals surface area contributed by atoms with Crippen LogP contribution in [0.25, 0.3) is 22.3 Å². The molecule has 0 spiro atoms. The van der Waals surface area contributed by atoms with Gasteiger partial charge in [0, 0.05) is 56.4 Å². The third-order valence-corrected chi connectivity index (χ3v) is 10.8. The molecule has 5 atom stereocenters. The number of amides is 4. The Hall–Kier alpha value is -6.34. The van der Waals surface area contributed by atoms with E-state index in [-0.39, 0.29) is 54.7 Å². The molecule has 0 fully saturated rings. The molecule has 4 aromatic carbocycles. The molecule has 13 heteroatoms. The Morgan fingerprint density at radius 3 is 2.08 bits per heavy atom. The summed E-state index contributed by atoms with van der Waals surface area (Å²) in [5.74, 6) is -4.02. The molecule has 4 aromatic rings. The number of fused-ring (bicyclic) bond motifs is 5. The first-order valence-electron chi connectivity index (χ1n) is 19.7. The minimum Gasteiger partial charge on any atom is -0.507 e. The predicted octanol–water partition coefficient (Wildman–Crippen LogP) is 4.50. The summed E-state index contributed by atoms with van der Waals surface area (Å²) in [5.41, 5.74) is 4.40. The number of phenolic OH excluding ortho intramolecular Hbond substituents is 2. The highest BCUT2D eigenvalue weighted by molar-refractivity contribution is 5.96. The molecule has 0 aromatic heterocycles. The van der Waals surface area contributed by atoms with E-state index >= 15 is 0 Å². The van der Waals surface area contributed by atoms with E-state index in [9.17, 15) is 44.1 Å². The zero-order valence-electron chi connectivity index (χ0n) is 34.0. The van der Waals surface area contributed by atoms with Gasteiger partial charge in [0.25, 0.3) is 0 Å². The molecule has 13 nitrogen and oxygen atoms in total. The molecule has 5 N–H and O–H groups in total. The lowest BCUT2D eigenvalue weighted by atomic mass is 9.90. The van der Waals surface area contributed by atoms with Crippen molar-refractivity contribution < 1.29 is 44.1 Å². The first-order chi connectivity index (χ1) is 28.1. The van der Waals surface area contributed by atoms with E-state index in [0.29, 0.717) is 17.5 Å². The monoisotopic (exact) mass is 804 g/mol. The Balaban J connectivity index is 1.24. The molecule has 1 aliphatic heterocycles. The highest BCUT2D eigenvalue weighted by Gasteiger charge is 2.33. The van der Waals surface area contributed by atoms with E-state index in [1.54, 1.807) is 19.1 Å². The van der Waals surface area contributed by atoms with Crippen molar-refractivity contribution in [3.05, 3.63) is 108 Å². The molecule has 5 rings (SSSR count). The molecular formula is C46H52N4O9. The quantitative estimate of drug-likeness (QED) is 0.137. The molecule has 310 valence electrons. The van der Waals surface area contributed by atoms with Gasteiger partial charge in [-0.1, -0.05) is 73.7 Å². The summed E-state index contributed by atoms with van der Waals surface area (Å²) in [4.78, 5) is 82.8. The van der Waals surface area contributed by atoms with Crippen LogP contribution in [0.3, 0.4) is 0 Å². The number of likely N-dealkylation sites (N-methyl/N-ethyl adjacent to an activating group) is 2. The molecule has 0 aliphatic carbocycles. The van der Waals surface area contributed by atoms with Gasteiger partial charge < -0.3 is 35.8 Å². The van der Waals surface area contributed by atoms with Crippen LogP contribution in [0.15, 0.2) is 91.0 Å². The highest BCUT2D eigenvalue weighted by atomic mass is 16.3. The zero-order valence-corrected chi connectivity index (χ0v) is 34.0. The van der Waals surface area contributed by atoms with Crippen molar-refractivity contribution in [3.8, 4) is 33.8 Å². The van der Waals surface area contributed by atoms with Gasteiger partial charge in [-0.05, 0) is 72.4 Å². The second kappa shape index (κ2) is 19.4. The van der Waals surface area contributed by atoms with Crippen LogP contribution in [0.4, 0.5) is 0 Å². The number of carbonyl (C=O) groups excluding carboxylic acids is 6. The maximum atomic E-state index is 14.0. The van der Waals surface area contributed by atoms with E-state index in [1.165, 1.54) is 50.2 Å². The standard InChI is InChI=1S/C46H52N4O9/c1-27-21-41(55)44(34-16-18-40(54)36(25-34)35-23-31(13-17-39(35)53)22-28(2)47-45(27)58)50(5)42(56)20-19-38(52)29(3)48-46(59)37(26-51)49(4)43(57)24-30-11-14-33(15-12-30)32-9-7-6-8-10-32/h6-18,23,25,27-29,37,44,51,53-54H,19-22,24,26H2,1-5H3,(H,47,58)(H,48,59)/t27-,28-,29-,37-,44+/m1/s1. The summed E-state index contributed by atoms with van der Waals surface area (Å²) in [5, 5.41) is 37.2. The molecule has 0 unspecified atom stereocenters. The zero-order chi connectivity index (χ0) is 43.0. The number of hydrogen-bond donors (Lipinski definition) is 5. The number of nitrogens with one attached hydrogen (secondary N) is 2. The summed E-state index contributed by atoms with van der Waals surface area (Å²) < 4.78 is 0. The molecule has 59 heavy (non-hydrogen) atoms. The van der Waals surface area contributed by atoms with Crippen LogP contribution in [0.1, 0.15) is 62.8 Å². The number of nitrogens with zero attached hydrogens (tertiary/aromatic N) is 2. The largest absolute Gasteiger partial charge is 0.507 e. The average Bonchev–Trinajstić information content (AvgIpc) is 3.21. The Labute approximate surface area is 344 Å².